The van der Waals surface area contributed by atoms with E-state index in [1.807, 2.05) is 0 Å². The van der Waals surface area contributed by atoms with Gasteiger partial charge in [-0.15, -0.1) is 0 Å². The van der Waals surface area contributed by atoms with Gasteiger partial charge in [-0.2, -0.15) is 0 Å². The lowest BCUT2D eigenvalue weighted by Crippen LogP contribution is -2.31. The van der Waals surface area contributed by atoms with E-state index in [2.05, 4.69) is 19.6 Å². The lowest BCUT2D eigenvalue weighted by molar-refractivity contribution is -0.118. The first-order chi connectivity index (χ1) is 9.28. The van der Waals surface area contributed by atoms with Crippen LogP contribution in [0.4, 0.5) is 10.1 Å². The number of carbonyl (C=O) groups is 1. The Kier molecular flexibility index (Phi) is 4.15. The Balaban J connectivity index is 2.02. The third kappa shape index (κ3) is 3.37. The molecule has 0 aliphatic carbocycles. The van der Waals surface area contributed by atoms with Crippen molar-refractivity contribution in [1.82, 2.24) is 0 Å². The van der Waals surface area contributed by atoms with Crippen LogP contribution in [0, 0.1) is 5.82 Å². The summed E-state index contributed by atoms with van der Waals surface area (Å²) >= 11 is 0. The highest BCUT2D eigenvalue weighted by atomic mass is 28.3. The molecule has 0 atom stereocenters. The van der Waals surface area contributed by atoms with Crippen molar-refractivity contribution in [3.8, 4) is 5.75 Å². The molecular formula is C14H20FNO3Si. The number of amides is 1. The Morgan fingerprint density at radius 1 is 1.40 bits per heavy atom. The number of hydrogen-bond acceptors (Lipinski definition) is 3. The molecule has 0 saturated heterocycles. The average Bonchev–Trinajstić information content (AvgIpc) is 2.59. The van der Waals surface area contributed by atoms with Gasteiger partial charge in [0.05, 0.1) is 12.1 Å². The fourth-order valence-electron chi connectivity index (χ4n) is 2.13. The molecule has 0 saturated carbocycles. The van der Waals surface area contributed by atoms with E-state index >= 15 is 0 Å². The van der Waals surface area contributed by atoms with Crippen molar-refractivity contribution in [2.45, 2.75) is 32.1 Å². The average molecular weight is 297 g/mol. The highest BCUT2D eigenvalue weighted by Crippen LogP contribution is 2.34. The molecule has 1 aromatic carbocycles. The van der Waals surface area contributed by atoms with Crippen LogP contribution in [0.15, 0.2) is 12.1 Å². The molecule has 1 amide bonds. The fraction of sp³-hybridized carbons (Fsp3) is 0.500. The topological polar surface area (TPSA) is 49.8 Å². The smallest absolute Gasteiger partial charge is 0.233 e. The van der Waals surface area contributed by atoms with E-state index < -0.39 is 13.9 Å². The molecule has 6 heteroatoms. The summed E-state index contributed by atoms with van der Waals surface area (Å²) in [4.78, 5) is 13.2. The van der Waals surface area contributed by atoms with Gasteiger partial charge < -0.3 is 9.84 Å². The predicted octanol–water partition coefficient (Wildman–Crippen LogP) is 2.73. The van der Waals surface area contributed by atoms with Crippen molar-refractivity contribution in [2.75, 3.05) is 18.2 Å². The first-order valence-electron chi connectivity index (χ1n) is 6.67. The quantitative estimate of drug-likeness (QED) is 0.671. The Hall–Kier alpha value is -1.40. The van der Waals surface area contributed by atoms with E-state index in [4.69, 9.17) is 4.74 Å². The molecule has 1 aliphatic heterocycles. The summed E-state index contributed by atoms with van der Waals surface area (Å²) < 4.78 is 19.4. The van der Waals surface area contributed by atoms with E-state index in [9.17, 15) is 14.3 Å². The maximum atomic E-state index is 13.9. The van der Waals surface area contributed by atoms with E-state index in [0.29, 0.717) is 12.2 Å². The number of hydrogen-bond donors (Lipinski definition) is 1. The van der Waals surface area contributed by atoms with E-state index in [1.54, 1.807) is 0 Å². The number of rotatable bonds is 5. The lowest BCUT2D eigenvalue weighted by Gasteiger charge is -2.20. The van der Waals surface area contributed by atoms with E-state index in [-0.39, 0.29) is 30.5 Å². The number of phenolic OH excluding ortho intramolecular Hbond substituents is 1. The molecule has 1 heterocycles. The minimum atomic E-state index is -1.18. The van der Waals surface area contributed by atoms with Gasteiger partial charge in [-0.05, 0) is 17.7 Å². The summed E-state index contributed by atoms with van der Waals surface area (Å²) in [6, 6.07) is 3.45. The zero-order chi connectivity index (χ0) is 14.9. The van der Waals surface area contributed by atoms with E-state index in [1.165, 1.54) is 11.0 Å². The molecule has 2 rings (SSSR count). The molecular weight excluding hydrogens is 277 g/mol. The van der Waals surface area contributed by atoms with Crippen LogP contribution >= 0.6 is 0 Å². The van der Waals surface area contributed by atoms with Gasteiger partial charge in [0, 0.05) is 20.7 Å². The van der Waals surface area contributed by atoms with Gasteiger partial charge in [0.15, 0.2) is 5.82 Å². The molecule has 110 valence electrons. The minimum Gasteiger partial charge on any atom is -0.508 e. The molecule has 0 aromatic heterocycles. The summed E-state index contributed by atoms with van der Waals surface area (Å²) in [5.41, 5.74) is 0.752. The minimum absolute atomic E-state index is 0.0675. The molecule has 0 unspecified atom stereocenters. The Morgan fingerprint density at radius 2 is 2.10 bits per heavy atom. The third-order valence-corrected chi connectivity index (χ3v) is 4.96. The molecule has 1 aliphatic rings. The van der Waals surface area contributed by atoms with E-state index in [0.717, 1.165) is 12.1 Å². The molecule has 4 nitrogen and oxygen atoms in total. The second-order valence-corrected chi connectivity index (χ2v) is 11.9. The maximum absolute atomic E-state index is 13.9. The van der Waals surface area contributed by atoms with Crippen molar-refractivity contribution in [3.63, 3.8) is 0 Å². The molecule has 1 aromatic rings. The van der Waals surface area contributed by atoms with Gasteiger partial charge in [-0.3, -0.25) is 9.69 Å². The van der Waals surface area contributed by atoms with Crippen LogP contribution in [-0.2, 0) is 16.0 Å². The number of halogens is 1. The van der Waals surface area contributed by atoms with Crippen LogP contribution in [0.5, 0.6) is 5.75 Å². The molecule has 0 bridgehead atoms. The second kappa shape index (κ2) is 5.53. The number of nitrogens with zero attached hydrogens (tertiary/aromatic N) is 1. The van der Waals surface area contributed by atoms with Gasteiger partial charge in [0.2, 0.25) is 5.91 Å². The molecule has 0 fully saturated rings. The number of phenols is 1. The van der Waals surface area contributed by atoms with Gasteiger partial charge in [0.1, 0.15) is 12.5 Å². The summed E-state index contributed by atoms with van der Waals surface area (Å²) in [7, 11) is -1.18. The third-order valence-electron chi connectivity index (χ3n) is 3.26. The number of anilines is 1. The summed E-state index contributed by atoms with van der Waals surface area (Å²) in [5.74, 6) is -0.937. The van der Waals surface area contributed by atoms with Crippen molar-refractivity contribution in [3.05, 3.63) is 23.5 Å². The molecule has 20 heavy (non-hydrogen) atoms. The number of benzene rings is 1. The standard InChI is InChI=1S/C14H20FNO3Si/c1-20(2,3)5-4-19-9-16-13(18)7-10-6-11(17)8-12(15)14(10)16/h6,8,17H,4-5,7,9H2,1-3H3. The Bertz CT molecular complexity index is 528. The van der Waals surface area contributed by atoms with Crippen molar-refractivity contribution < 1.29 is 19.0 Å². The van der Waals surface area contributed by atoms with Crippen LogP contribution in [0.25, 0.3) is 0 Å². The normalized spacial score (nSPS) is 14.8. The zero-order valence-electron chi connectivity index (χ0n) is 12.1. The van der Waals surface area contributed by atoms with Crippen LogP contribution in [0.1, 0.15) is 5.56 Å². The van der Waals surface area contributed by atoms with Crippen LogP contribution < -0.4 is 4.90 Å². The zero-order valence-corrected chi connectivity index (χ0v) is 13.1. The molecule has 1 N–H and O–H groups in total. The largest absolute Gasteiger partial charge is 0.508 e. The van der Waals surface area contributed by atoms with Crippen LogP contribution in [0.2, 0.25) is 25.7 Å². The first kappa shape index (κ1) is 15.0. The number of ether oxygens (including phenoxy) is 1. The highest BCUT2D eigenvalue weighted by Gasteiger charge is 2.31. The SMILES string of the molecule is C[Si](C)(C)CCOCN1C(=O)Cc2cc(O)cc(F)c21. The van der Waals surface area contributed by atoms with Gasteiger partial charge >= 0.3 is 0 Å². The molecule has 0 radical (unpaired) electrons. The highest BCUT2D eigenvalue weighted by molar-refractivity contribution is 6.76. The lowest BCUT2D eigenvalue weighted by atomic mass is 10.1. The Labute approximate surface area is 119 Å². The van der Waals surface area contributed by atoms with Crippen LogP contribution in [0.3, 0.4) is 0 Å². The number of aromatic hydroxyl groups is 1. The van der Waals surface area contributed by atoms with Gasteiger partial charge in [0.25, 0.3) is 0 Å². The first-order valence-corrected chi connectivity index (χ1v) is 10.4. The number of carbonyl (C=O) groups excluding carboxylic acids is 1. The Morgan fingerprint density at radius 3 is 2.75 bits per heavy atom. The molecule has 0 spiro atoms. The van der Waals surface area contributed by atoms with Gasteiger partial charge in [-0.1, -0.05) is 19.6 Å². The predicted molar refractivity (Wildman–Crippen MR) is 78.2 cm³/mol. The van der Waals surface area contributed by atoms with Crippen molar-refractivity contribution in [2.24, 2.45) is 0 Å². The summed E-state index contributed by atoms with van der Waals surface area (Å²) in [5, 5.41) is 9.36. The summed E-state index contributed by atoms with van der Waals surface area (Å²) in [6.07, 6.45) is 0.109. The van der Waals surface area contributed by atoms with Crippen molar-refractivity contribution in [1.29, 1.82) is 0 Å². The fourth-order valence-corrected chi connectivity index (χ4v) is 2.89. The van der Waals surface area contributed by atoms with Crippen LogP contribution in [-0.4, -0.2) is 32.4 Å². The number of fused-ring (bicyclic) bond motifs is 1. The van der Waals surface area contributed by atoms with Gasteiger partial charge in [-0.25, -0.2) is 4.39 Å². The monoisotopic (exact) mass is 297 g/mol. The van der Waals surface area contributed by atoms with Crippen molar-refractivity contribution >= 4 is 19.7 Å². The second-order valence-electron chi connectivity index (χ2n) is 6.28. The maximum Gasteiger partial charge on any atom is 0.233 e. The summed E-state index contributed by atoms with van der Waals surface area (Å²) in [6.45, 7) is 7.38.